The first-order valence-electron chi connectivity index (χ1n) is 15.4. The molecular formula is C33H46ClN3O9. The molecule has 2 amide bonds. The van der Waals surface area contributed by atoms with E-state index < -0.39 is 59.8 Å². The third-order valence-electron chi connectivity index (χ3n) is 9.23. The Kier molecular flexibility index (Phi) is 10.8. The highest BCUT2D eigenvalue weighted by molar-refractivity contribution is 6.35. The number of likely N-dealkylation sites (N-methyl/N-ethyl adjacent to an activating group) is 1. The lowest BCUT2D eigenvalue weighted by atomic mass is 9.89. The van der Waals surface area contributed by atoms with Crippen LogP contribution in [0.5, 0.6) is 5.75 Å². The minimum Gasteiger partial charge on any atom is -0.495 e. The van der Waals surface area contributed by atoms with E-state index in [0.717, 1.165) is 11.1 Å². The van der Waals surface area contributed by atoms with Crippen LogP contribution in [-0.2, 0) is 30.2 Å². The van der Waals surface area contributed by atoms with Gasteiger partial charge >= 0.3 is 12.1 Å². The van der Waals surface area contributed by atoms with E-state index in [2.05, 4.69) is 5.32 Å². The Morgan fingerprint density at radius 2 is 1.96 bits per heavy atom. The Labute approximate surface area is 275 Å². The largest absolute Gasteiger partial charge is 0.495 e. The normalized spacial score (nSPS) is 32.9. The van der Waals surface area contributed by atoms with Crippen molar-refractivity contribution in [1.82, 2.24) is 10.2 Å². The maximum absolute atomic E-state index is 13.9. The molecule has 3 aliphatic heterocycles. The van der Waals surface area contributed by atoms with Crippen LogP contribution in [0.3, 0.4) is 0 Å². The van der Waals surface area contributed by atoms with E-state index >= 15 is 0 Å². The number of carbonyl (C=O) groups is 3. The number of rotatable bonds is 5. The molecule has 0 aromatic heterocycles. The first kappa shape index (κ1) is 35.7. The summed E-state index contributed by atoms with van der Waals surface area (Å²) in [4.78, 5) is 43.0. The molecule has 13 heteroatoms. The van der Waals surface area contributed by atoms with Crippen molar-refractivity contribution in [2.24, 2.45) is 0 Å². The van der Waals surface area contributed by atoms with Crippen molar-refractivity contribution in [2.75, 3.05) is 26.1 Å². The van der Waals surface area contributed by atoms with Gasteiger partial charge in [0.15, 0.2) is 0 Å². The van der Waals surface area contributed by atoms with Crippen LogP contribution < -0.4 is 15.0 Å². The van der Waals surface area contributed by atoms with Crippen molar-refractivity contribution in [3.8, 4) is 5.75 Å². The van der Waals surface area contributed by atoms with Gasteiger partial charge in [-0.15, -0.1) is 0 Å². The topological polar surface area (TPSA) is 150 Å². The van der Waals surface area contributed by atoms with Crippen molar-refractivity contribution in [3.05, 3.63) is 46.5 Å². The van der Waals surface area contributed by atoms with Crippen molar-refractivity contribution in [2.45, 2.75) is 108 Å². The van der Waals surface area contributed by atoms with Crippen LogP contribution in [0.4, 0.5) is 10.5 Å². The van der Waals surface area contributed by atoms with Crippen molar-refractivity contribution in [3.63, 3.8) is 0 Å². The molecule has 3 heterocycles. The number of benzene rings is 1. The zero-order valence-electron chi connectivity index (χ0n) is 27.7. The summed E-state index contributed by atoms with van der Waals surface area (Å²) >= 11 is 6.69. The average Bonchev–Trinajstić information content (AvgIpc) is 3.69. The number of allylic oxidation sites excluding steroid dienone is 3. The fourth-order valence-electron chi connectivity index (χ4n) is 5.86. The van der Waals surface area contributed by atoms with Crippen LogP contribution in [0.2, 0.25) is 5.02 Å². The zero-order chi connectivity index (χ0) is 34.1. The third-order valence-corrected chi connectivity index (χ3v) is 9.61. The molecule has 3 N–H and O–H groups in total. The molecule has 2 fully saturated rings. The number of alkyl carbamates (subject to hydrolysis) is 1. The van der Waals surface area contributed by atoms with Crippen LogP contribution in [-0.4, -0.2) is 102 Å². The lowest BCUT2D eigenvalue weighted by molar-refractivity contribution is -0.159. The Bertz CT molecular complexity index is 1400. The Morgan fingerprint density at radius 3 is 2.61 bits per heavy atom. The number of carbonyl (C=O) groups excluding carboxylic acids is 3. The molecule has 2 saturated heterocycles. The molecule has 4 bridgehead atoms. The Balaban J connectivity index is 1.75. The highest BCUT2D eigenvalue weighted by atomic mass is 35.5. The molecule has 4 rings (SSSR count). The number of nitrogens with one attached hydrogen (secondary N) is 1. The fourth-order valence-corrected chi connectivity index (χ4v) is 6.18. The molecule has 46 heavy (non-hydrogen) atoms. The van der Waals surface area contributed by atoms with Gasteiger partial charge in [0.25, 0.3) is 0 Å². The average molecular weight is 664 g/mol. The second-order valence-electron chi connectivity index (χ2n) is 13.0. The minimum absolute atomic E-state index is 0.0400. The third kappa shape index (κ3) is 7.69. The van der Waals surface area contributed by atoms with E-state index in [0.29, 0.717) is 17.9 Å². The number of aliphatic hydroxyl groups is 2. The number of anilines is 1. The van der Waals surface area contributed by atoms with Gasteiger partial charge in [-0.05, 0) is 65.8 Å². The van der Waals surface area contributed by atoms with Gasteiger partial charge in [0, 0.05) is 25.9 Å². The minimum atomic E-state index is -1.69. The van der Waals surface area contributed by atoms with Crippen LogP contribution in [0, 0.1) is 0 Å². The molecule has 0 aliphatic carbocycles. The van der Waals surface area contributed by atoms with Crippen LogP contribution in [0.1, 0.15) is 59.4 Å². The molecule has 12 nitrogen and oxygen atoms in total. The number of halogens is 1. The number of amides is 2. The molecular weight excluding hydrogens is 618 g/mol. The van der Waals surface area contributed by atoms with Crippen molar-refractivity contribution >= 4 is 35.3 Å². The molecule has 0 saturated carbocycles. The fraction of sp³-hybridized carbons (Fsp3) is 0.606. The van der Waals surface area contributed by atoms with Gasteiger partial charge in [-0.2, -0.15) is 0 Å². The maximum atomic E-state index is 13.9. The number of aliphatic hydroxyl groups excluding tert-OH is 1. The van der Waals surface area contributed by atoms with Gasteiger partial charge in [-0.3, -0.25) is 19.8 Å². The SMILES string of the molecule is COc1cc2cc(c1Cl)N(C)C(=O)C[C@H](OC(=O)[C@H](C)N(C)C(C)C)[C@]1(C)O[C@H]1[C@H](O)[C@@H]1C[C@](O)(C/C=C/C=C(\C)C2)NC(=O)O1. The standard InChI is InChI=1S/C33H46ClN3O9/c1-18(2)36(6)20(4)30(40)45-25-16-26(38)37(7)22-14-21(15-23(43-8)27(22)34)13-19(3)11-9-10-12-33(42)17-24(44-31(41)35-33)28(39)29-32(25,5)46-29/h9-11,14-15,18,20,24-25,28-29,39,42H,12-13,16-17H2,1-8H3,(H,35,41)/b10-9+,19-11+/t20-,24-,25-,28+,29-,32-,33+/m0/s1. The van der Waals surface area contributed by atoms with E-state index in [4.69, 9.17) is 30.5 Å². The summed E-state index contributed by atoms with van der Waals surface area (Å²) < 4.78 is 22.9. The number of methoxy groups -OCH3 is 1. The molecule has 0 radical (unpaired) electrons. The number of epoxide rings is 1. The molecule has 3 aliphatic rings. The molecule has 1 aromatic rings. The van der Waals surface area contributed by atoms with Crippen molar-refractivity contribution in [1.29, 1.82) is 0 Å². The van der Waals surface area contributed by atoms with Crippen LogP contribution in [0.25, 0.3) is 0 Å². The van der Waals surface area contributed by atoms with Gasteiger partial charge in [0.05, 0.1) is 19.2 Å². The van der Waals surface area contributed by atoms with Crippen molar-refractivity contribution < 1.29 is 43.5 Å². The van der Waals surface area contributed by atoms with Gasteiger partial charge in [-0.25, -0.2) is 4.79 Å². The monoisotopic (exact) mass is 663 g/mol. The summed E-state index contributed by atoms with van der Waals surface area (Å²) in [5.41, 5.74) is -0.791. The summed E-state index contributed by atoms with van der Waals surface area (Å²) in [6.45, 7) is 9.16. The first-order chi connectivity index (χ1) is 21.5. The summed E-state index contributed by atoms with van der Waals surface area (Å²) in [7, 11) is 4.87. The highest BCUT2D eigenvalue weighted by Crippen LogP contribution is 2.47. The number of fused-ring (bicyclic) bond motifs is 5. The quantitative estimate of drug-likeness (QED) is 0.316. The van der Waals surface area contributed by atoms with Gasteiger partial charge in [-0.1, -0.05) is 35.4 Å². The second kappa shape index (κ2) is 13.9. The van der Waals surface area contributed by atoms with Crippen LogP contribution >= 0.6 is 11.6 Å². The summed E-state index contributed by atoms with van der Waals surface area (Å²) in [5, 5.41) is 25.3. The molecule has 0 spiro atoms. The number of hydrogen-bond donors (Lipinski definition) is 3. The predicted octanol–water partition coefficient (Wildman–Crippen LogP) is 3.50. The zero-order valence-corrected chi connectivity index (χ0v) is 28.5. The second-order valence-corrected chi connectivity index (χ2v) is 13.4. The Hall–Kier alpha value is -3.16. The predicted molar refractivity (Wildman–Crippen MR) is 172 cm³/mol. The van der Waals surface area contributed by atoms with E-state index in [-0.39, 0.29) is 30.3 Å². The van der Waals surface area contributed by atoms with Crippen LogP contribution in [0.15, 0.2) is 35.9 Å². The highest BCUT2D eigenvalue weighted by Gasteiger charge is 2.65. The lowest BCUT2D eigenvalue weighted by Gasteiger charge is -2.38. The summed E-state index contributed by atoms with van der Waals surface area (Å²) in [6.07, 6.45) is -0.0271. The van der Waals surface area contributed by atoms with E-state index in [9.17, 15) is 24.6 Å². The Morgan fingerprint density at radius 1 is 1.26 bits per heavy atom. The van der Waals surface area contributed by atoms with Gasteiger partial charge in [0.2, 0.25) is 5.91 Å². The number of nitrogens with zero attached hydrogens (tertiary/aromatic N) is 2. The first-order valence-corrected chi connectivity index (χ1v) is 15.8. The van der Waals surface area contributed by atoms with Gasteiger partial charge < -0.3 is 34.1 Å². The number of hydrogen-bond acceptors (Lipinski definition) is 10. The molecule has 254 valence electrons. The summed E-state index contributed by atoms with van der Waals surface area (Å²) in [5.74, 6) is -0.606. The van der Waals surface area contributed by atoms with Gasteiger partial charge in [0.1, 0.15) is 52.6 Å². The maximum Gasteiger partial charge on any atom is 0.409 e. The van der Waals surface area contributed by atoms with E-state index in [1.54, 1.807) is 52.2 Å². The summed E-state index contributed by atoms with van der Waals surface area (Å²) in [6, 6.07) is 3.00. The molecule has 0 unspecified atom stereocenters. The smallest absolute Gasteiger partial charge is 0.409 e. The number of esters is 1. The molecule has 7 atom stereocenters. The molecule has 1 aromatic carbocycles. The van der Waals surface area contributed by atoms with E-state index in [1.165, 1.54) is 12.0 Å². The lowest BCUT2D eigenvalue weighted by Crippen LogP contribution is -2.59. The number of ether oxygens (including phenoxy) is 4. The van der Waals surface area contributed by atoms with E-state index in [1.807, 2.05) is 31.7 Å².